The summed E-state index contributed by atoms with van der Waals surface area (Å²) >= 11 is 0. The van der Waals surface area contributed by atoms with Crippen LogP contribution in [0.2, 0.25) is 0 Å². The Morgan fingerprint density at radius 1 is 0.677 bits per heavy atom. The number of nitrogens with one attached hydrogen (secondary N) is 3. The van der Waals surface area contributed by atoms with Crippen LogP contribution in [0.4, 0.5) is 9.59 Å². The molecule has 2 aromatic rings. The van der Waals surface area contributed by atoms with Gasteiger partial charge in [0.15, 0.2) is 11.6 Å². The van der Waals surface area contributed by atoms with Crippen molar-refractivity contribution in [2.45, 2.75) is 169 Å². The normalized spacial score (nSPS) is 17.8. The van der Waals surface area contributed by atoms with Crippen LogP contribution in [0.3, 0.4) is 0 Å². The Kier molecular flexibility index (Phi) is 23.5. The molecule has 370 valence electrons. The number of aldehydes is 1. The molecule has 0 saturated carbocycles. The molecule has 2 saturated heterocycles. The zero-order valence-corrected chi connectivity index (χ0v) is 41.5. The van der Waals surface area contributed by atoms with Gasteiger partial charge in [0.2, 0.25) is 0 Å². The lowest BCUT2D eigenvalue weighted by atomic mass is 9.86. The number of aliphatic hydroxyl groups excluding tert-OH is 2. The number of hydrogen-bond donors (Lipinski definition) is 6. The third-order valence-corrected chi connectivity index (χ3v) is 10.7. The largest absolute Gasteiger partial charge is 0.444 e. The molecule has 2 fully saturated rings. The fourth-order valence-corrected chi connectivity index (χ4v) is 6.75. The Hall–Kier alpha value is -3.67. The molecule has 65 heavy (non-hydrogen) atoms. The molecule has 2 aliphatic heterocycles. The summed E-state index contributed by atoms with van der Waals surface area (Å²) < 4.78 is 32.9. The van der Waals surface area contributed by atoms with E-state index in [0.29, 0.717) is 45.8 Å². The molecular formula is C50H84N4O11. The van der Waals surface area contributed by atoms with E-state index >= 15 is 0 Å². The van der Waals surface area contributed by atoms with Gasteiger partial charge in [-0.05, 0) is 97.6 Å². The monoisotopic (exact) mass is 917 g/mol. The van der Waals surface area contributed by atoms with E-state index < -0.39 is 59.3 Å². The lowest BCUT2D eigenvalue weighted by Crippen LogP contribution is -2.50. The van der Waals surface area contributed by atoms with Crippen molar-refractivity contribution in [1.82, 2.24) is 16.0 Å². The molecule has 0 bridgehead atoms. The van der Waals surface area contributed by atoms with Crippen LogP contribution in [0.1, 0.15) is 120 Å². The van der Waals surface area contributed by atoms with Crippen LogP contribution >= 0.6 is 0 Å². The minimum Gasteiger partial charge on any atom is -0.444 e. The second kappa shape index (κ2) is 26.6. The highest BCUT2D eigenvalue weighted by Crippen LogP contribution is 2.31. The van der Waals surface area contributed by atoms with Gasteiger partial charge in [-0.1, -0.05) is 88.4 Å². The molecule has 15 nitrogen and oxygen atoms in total. The predicted octanol–water partition coefficient (Wildman–Crippen LogP) is 6.84. The Labute approximate surface area is 389 Å². The minimum atomic E-state index is -0.817. The lowest BCUT2D eigenvalue weighted by molar-refractivity contribution is -0.152. The van der Waals surface area contributed by atoms with Crippen LogP contribution in [0.15, 0.2) is 60.7 Å². The number of carbonyl (C=O) groups excluding carboxylic acids is 3. The Morgan fingerprint density at radius 3 is 1.43 bits per heavy atom. The van der Waals surface area contributed by atoms with E-state index in [1.165, 1.54) is 0 Å². The summed E-state index contributed by atoms with van der Waals surface area (Å²) in [7, 11) is 0. The Morgan fingerprint density at radius 2 is 1.06 bits per heavy atom. The molecular weight excluding hydrogens is 833 g/mol. The predicted molar refractivity (Wildman–Crippen MR) is 253 cm³/mol. The molecule has 0 aromatic heterocycles. The molecule has 0 aliphatic carbocycles. The first-order valence-corrected chi connectivity index (χ1v) is 23.0. The lowest BCUT2D eigenvalue weighted by Gasteiger charge is -2.31. The van der Waals surface area contributed by atoms with E-state index in [4.69, 9.17) is 34.2 Å². The number of carbonyl (C=O) groups is 3. The van der Waals surface area contributed by atoms with Gasteiger partial charge in [0.25, 0.3) is 0 Å². The molecule has 2 aromatic carbocycles. The molecule has 4 rings (SSSR count). The second-order valence-electron chi connectivity index (χ2n) is 20.8. The van der Waals surface area contributed by atoms with E-state index in [0.717, 1.165) is 49.6 Å². The molecule has 7 N–H and O–H groups in total. The van der Waals surface area contributed by atoms with Crippen molar-refractivity contribution in [3.8, 4) is 0 Å². The summed E-state index contributed by atoms with van der Waals surface area (Å²) in [5, 5.41) is 29.7. The molecule has 0 spiro atoms. The van der Waals surface area contributed by atoms with Gasteiger partial charge in [0.1, 0.15) is 17.5 Å². The first-order valence-electron chi connectivity index (χ1n) is 23.0. The van der Waals surface area contributed by atoms with E-state index in [2.05, 4.69) is 29.8 Å². The van der Waals surface area contributed by atoms with Crippen LogP contribution in [-0.2, 0) is 46.1 Å². The molecule has 2 heterocycles. The Balaban J connectivity index is 0.000000373. The molecule has 2 amide bonds. The zero-order valence-electron chi connectivity index (χ0n) is 41.5. The van der Waals surface area contributed by atoms with Gasteiger partial charge in [0.05, 0.1) is 50.7 Å². The summed E-state index contributed by atoms with van der Waals surface area (Å²) in [6.45, 7) is 26.8. The number of alkyl carbamates (subject to hydrolysis) is 2. The topological polar surface area (TPSA) is 209 Å². The molecule has 4 atom stereocenters. The molecule has 2 unspecified atom stereocenters. The average Bonchev–Trinajstić information content (AvgIpc) is 3.87. The van der Waals surface area contributed by atoms with E-state index in [1.54, 1.807) is 20.8 Å². The smallest absolute Gasteiger partial charge is 0.407 e. The first-order chi connectivity index (χ1) is 30.2. The summed E-state index contributed by atoms with van der Waals surface area (Å²) in [6.07, 6.45) is 2.67. The fourth-order valence-electron chi connectivity index (χ4n) is 6.75. The van der Waals surface area contributed by atoms with Crippen molar-refractivity contribution in [3.05, 3.63) is 71.8 Å². The maximum atomic E-state index is 12.3. The Bertz CT molecular complexity index is 1650. The van der Waals surface area contributed by atoms with Gasteiger partial charge in [-0.2, -0.15) is 0 Å². The fraction of sp³-hybridized carbons (Fsp3) is 0.700. The van der Waals surface area contributed by atoms with Gasteiger partial charge in [0, 0.05) is 37.9 Å². The summed E-state index contributed by atoms with van der Waals surface area (Å²) in [6, 6.07) is 18.5. The maximum Gasteiger partial charge on any atom is 0.407 e. The highest BCUT2D eigenvalue weighted by Gasteiger charge is 2.35. The second-order valence-corrected chi connectivity index (χ2v) is 20.8. The number of amides is 2. The number of aliphatic hydroxyl groups is 2. The van der Waals surface area contributed by atoms with Gasteiger partial charge < -0.3 is 65.1 Å². The highest BCUT2D eigenvalue weighted by molar-refractivity contribution is 5.68. The summed E-state index contributed by atoms with van der Waals surface area (Å²) in [4.78, 5) is 34.8. The quantitative estimate of drug-likeness (QED) is 0.0753. The van der Waals surface area contributed by atoms with Crippen molar-refractivity contribution in [3.63, 3.8) is 0 Å². The van der Waals surface area contributed by atoms with Crippen LogP contribution in [0.5, 0.6) is 0 Å². The number of nitrogens with two attached hydrogens (primary N) is 1. The number of hydrogen-bond acceptors (Lipinski definition) is 13. The van der Waals surface area contributed by atoms with Gasteiger partial charge in [-0.3, -0.25) is 0 Å². The molecule has 0 radical (unpaired) electrons. The van der Waals surface area contributed by atoms with Gasteiger partial charge >= 0.3 is 12.2 Å². The molecule has 15 heteroatoms. The van der Waals surface area contributed by atoms with Crippen LogP contribution in [0.25, 0.3) is 0 Å². The first kappa shape index (κ1) is 57.5. The van der Waals surface area contributed by atoms with Crippen LogP contribution < -0.4 is 21.7 Å². The average molecular weight is 917 g/mol. The number of rotatable bonds is 20. The van der Waals surface area contributed by atoms with E-state index in [-0.39, 0.29) is 17.4 Å². The third-order valence-electron chi connectivity index (χ3n) is 10.7. The van der Waals surface area contributed by atoms with Crippen molar-refractivity contribution >= 4 is 18.5 Å². The minimum absolute atomic E-state index is 0.00552. The van der Waals surface area contributed by atoms with Crippen molar-refractivity contribution in [2.24, 2.45) is 16.6 Å². The summed E-state index contributed by atoms with van der Waals surface area (Å²) in [5.41, 5.74) is 6.11. The van der Waals surface area contributed by atoms with Gasteiger partial charge in [-0.25, -0.2) is 9.59 Å². The van der Waals surface area contributed by atoms with E-state index in [1.807, 2.05) is 109 Å². The zero-order chi connectivity index (χ0) is 49.0. The van der Waals surface area contributed by atoms with Crippen molar-refractivity contribution < 1.29 is 53.0 Å². The molecule has 2 aliphatic rings. The van der Waals surface area contributed by atoms with Crippen LogP contribution in [0, 0.1) is 10.8 Å². The van der Waals surface area contributed by atoms with Crippen molar-refractivity contribution in [1.29, 1.82) is 0 Å². The maximum absolute atomic E-state index is 12.3. The highest BCUT2D eigenvalue weighted by atomic mass is 16.7. The van der Waals surface area contributed by atoms with Gasteiger partial charge in [-0.15, -0.1) is 0 Å². The third kappa shape index (κ3) is 25.2. The van der Waals surface area contributed by atoms with Crippen LogP contribution in [-0.4, -0.2) is 122 Å². The van der Waals surface area contributed by atoms with E-state index in [9.17, 15) is 24.6 Å². The number of ether oxygens (including phenoxy) is 6. The SMILES string of the molecule is CC(C)(C)OC(=O)N[C@@H](Cc1ccccc1)C(O)CN.CC(C)(C=O)CCC1(C)OCCO1.CC(C)(CCC1(C)OCCO1)CNCC(O)[C@H](Cc1ccccc1)NC(=O)OC(C)(C)C. The van der Waals surface area contributed by atoms with Crippen molar-refractivity contribution in [2.75, 3.05) is 46.1 Å². The standard InChI is InChI=1S/C25H42N2O5.C15H24N2O3.C10H18O3/c1-23(2,3)32-22(29)27-20(16-19-10-8-7-9-11-19)21(28)17-26-18-24(4,5)12-13-25(6)30-14-15-31-25;1-15(2,3)20-14(19)17-12(13(18)10-16)9-11-7-5-4-6-8-11;1-9(2,8-11)4-5-10(3)12-6-7-13-10/h7-11,20-21,26,28H,12-18H2,1-6H3,(H,27,29);4-8,12-13,18H,9-10,16H2,1-3H3,(H,17,19);8H,4-7H2,1-3H3/t20-,21?;12-,13?;/m00./s1. The number of benzene rings is 2. The summed E-state index contributed by atoms with van der Waals surface area (Å²) in [5.74, 6) is -0.949.